The van der Waals surface area contributed by atoms with E-state index >= 15 is 0 Å². The summed E-state index contributed by atoms with van der Waals surface area (Å²) < 4.78 is 45.6. The molecule has 6 aromatic carbocycles. The molecule has 0 unspecified atom stereocenters. The second-order valence-electron chi connectivity index (χ2n) is 19.7. The number of imidazole rings is 1. The summed E-state index contributed by atoms with van der Waals surface area (Å²) >= 11 is 14.8. The van der Waals surface area contributed by atoms with Gasteiger partial charge in [0, 0.05) is 77.3 Å². The smallest absolute Gasteiger partial charge is 1.00 e. The molecule has 1 amide bonds. The summed E-state index contributed by atoms with van der Waals surface area (Å²) in [6.07, 6.45) is 13.6. The van der Waals surface area contributed by atoms with Gasteiger partial charge in [-0.3, -0.25) is 59.1 Å². The van der Waals surface area contributed by atoms with Gasteiger partial charge in [0.1, 0.15) is 51.8 Å². The van der Waals surface area contributed by atoms with Crippen LogP contribution in [0, 0.1) is 33.0 Å². The molecule has 0 saturated carbocycles. The number of anilines is 2. The maximum Gasteiger partial charge on any atom is 1.00 e. The zero-order chi connectivity index (χ0) is 71.9. The van der Waals surface area contributed by atoms with Gasteiger partial charge in [0.25, 0.3) is 6.47 Å². The Hall–Kier alpha value is -8.69. The fourth-order valence-electron chi connectivity index (χ4n) is 8.36. The van der Waals surface area contributed by atoms with Crippen LogP contribution < -0.4 is 147 Å². The van der Waals surface area contributed by atoms with E-state index < -0.39 is 15.7 Å². The third-order valence-electron chi connectivity index (χ3n) is 12.8. The second kappa shape index (κ2) is 44.0. The number of nitro benzene ring substituents is 2. The van der Waals surface area contributed by atoms with Gasteiger partial charge in [-0.25, -0.2) is 14.4 Å². The van der Waals surface area contributed by atoms with Crippen LogP contribution >= 0.6 is 46.7 Å². The molecule has 0 atom stereocenters. The third kappa shape index (κ3) is 26.9. The Morgan fingerprint density at radius 3 is 1.72 bits per heavy atom. The summed E-state index contributed by atoms with van der Waals surface area (Å²) in [6.45, 7) is 1.75. The number of aryl methyl sites for hydroxylation is 1. The molecule has 5 aromatic heterocycles. The second-order valence-corrected chi connectivity index (χ2v) is 22.5. The van der Waals surface area contributed by atoms with Crippen molar-refractivity contribution in [3.05, 3.63) is 255 Å². The molecule has 27 nitrogen and oxygen atoms in total. The van der Waals surface area contributed by atoms with Crippen LogP contribution in [0.25, 0.3) is 11.0 Å². The number of carbonyl (C=O) groups is 3. The van der Waals surface area contributed by atoms with Crippen molar-refractivity contribution in [3.63, 3.8) is 0 Å². The number of benzene rings is 6. The van der Waals surface area contributed by atoms with Crippen LogP contribution in [-0.2, 0) is 20.9 Å². The summed E-state index contributed by atoms with van der Waals surface area (Å²) in [7, 11) is 4.19. The topological polar surface area (TPSA) is 365 Å². The van der Waals surface area contributed by atoms with E-state index in [1.807, 2.05) is 73.7 Å². The number of fused-ring (bicyclic) bond motifs is 4. The van der Waals surface area contributed by atoms with Crippen molar-refractivity contribution in [3.8, 4) is 57.5 Å². The summed E-state index contributed by atoms with van der Waals surface area (Å²) in [6, 6.07) is 43.3. The molecule has 0 saturated heterocycles. The molecule has 13 rings (SSSR count). The maximum atomic E-state index is 12.5. The average Bonchev–Trinajstić information content (AvgIpc) is 1.62. The summed E-state index contributed by atoms with van der Waals surface area (Å²) in [5.74, 6) is 4.84. The Balaban J connectivity index is 0.000000268. The van der Waals surface area contributed by atoms with Crippen LogP contribution in [0.2, 0.25) is 10.0 Å². The van der Waals surface area contributed by atoms with E-state index in [4.69, 9.17) is 67.8 Å². The first-order valence-electron chi connectivity index (χ1n) is 28.8. The molecule has 2 aliphatic rings. The number of nitrogens with two attached hydrogens (primary N) is 1. The quantitative estimate of drug-likeness (QED) is 0.0216. The first-order valence-corrected chi connectivity index (χ1v) is 31.5. The minimum absolute atomic E-state index is 0. The fourth-order valence-corrected chi connectivity index (χ4v) is 10.4. The number of aromatic nitrogens is 6. The number of ether oxygens (including phenoxy) is 6. The molecule has 0 spiro atoms. The number of pyridine rings is 4. The van der Waals surface area contributed by atoms with Gasteiger partial charge in [-0.05, 0) is 139 Å². The van der Waals surface area contributed by atoms with Crippen molar-refractivity contribution in [1.82, 2.24) is 29.5 Å². The van der Waals surface area contributed by atoms with E-state index in [1.165, 1.54) is 62.1 Å². The van der Waals surface area contributed by atoms with Crippen LogP contribution in [0.4, 0.5) is 32.8 Å². The number of aromatic hydroxyl groups is 1. The van der Waals surface area contributed by atoms with E-state index in [2.05, 4.69) is 44.9 Å². The number of aliphatic imine (C=N–C) groups is 1. The summed E-state index contributed by atoms with van der Waals surface area (Å²) in [5.41, 5.74) is 11.3. The van der Waals surface area contributed by atoms with E-state index in [9.17, 15) is 34.2 Å². The number of amides is 1. The SMILES string of the molecule is COc1cc(F)ccc1[N+](=O)[O-].COc1cc(Oc2cccnc2)ccc1N.COc1cc(Oc2cccnc2)ccc1[N+](=O)[O-].Cc1cc(Oc2cccnc2)ccc1NC(=O)CSC1=Nc2cc(Cl)ccc2C1.O=C1CSc2nc3cc(Cl)ccc3n21.O=CO[O-].Oc1cccnc1.[H-].[K+].[K+]. The van der Waals surface area contributed by atoms with E-state index in [1.54, 1.807) is 110 Å². The average molecular weight is 1520 g/mol. The summed E-state index contributed by atoms with van der Waals surface area (Å²) in [5, 5.41) is 44.0. The standard InChI is InChI=1S/C22H18ClN3O2S.C12H10N2O4.C12H12N2O2.C9H5ClN2OS.C7H6FNO3.C5H5NO.CH2O3.2K.H/c1-14-9-17(28-18-3-2-8-24-12-18)6-7-19(14)25-21(27)13-29-22-10-15-4-5-16(23)11-20(15)26-22;1-17-12-7-9(4-5-11(12)14(15)16)18-10-3-2-6-13-8-10;1-15-12-7-9(4-5-11(12)13)16-10-3-2-6-14-8-10;10-5-1-2-7-6(3-5)11-9-12(7)8(13)4-14-9;1-12-7-4-5(8)2-3-6(7)9(10)11;7-5-2-1-3-6-4-5;2-1-4-3;;;/h2-9,11-12H,10,13H2,1H3,(H,25,27);2-8H,1H3;2-8H,13H2,1H3;1-3H,4H2;2-4H,1H3;1-4,7H;1,3H;;;/q;;;;;;;2*+1;-1/p-1. The molecule has 0 aliphatic carbocycles. The van der Waals surface area contributed by atoms with Crippen molar-refractivity contribution in [1.29, 1.82) is 0 Å². The monoisotopic (exact) mass is 1520 g/mol. The number of nitro groups is 2. The van der Waals surface area contributed by atoms with Gasteiger partial charge >= 0.3 is 114 Å². The first-order chi connectivity index (χ1) is 48.3. The Labute approximate surface area is 686 Å². The molecule has 4 N–H and O–H groups in total. The largest absolute Gasteiger partial charge is 1.00 e. The first kappa shape index (κ1) is 84.0. The maximum absolute atomic E-state index is 12.5. The number of thioether (sulfide) groups is 2. The van der Waals surface area contributed by atoms with E-state index in [0.29, 0.717) is 67.5 Å². The summed E-state index contributed by atoms with van der Waals surface area (Å²) in [4.78, 5) is 79.4. The number of nitrogens with zero attached hydrogens (tertiary/aromatic N) is 9. The molecule has 11 aromatic rings. The number of nitrogen functional groups attached to an aromatic ring is 1. The van der Waals surface area contributed by atoms with Gasteiger partial charge in [-0.1, -0.05) is 41.0 Å². The van der Waals surface area contributed by atoms with Crippen molar-refractivity contribution in [2.24, 2.45) is 4.99 Å². The molecule has 34 heteroatoms. The number of nitrogens with one attached hydrogen (secondary N) is 1. The van der Waals surface area contributed by atoms with Crippen LogP contribution in [0.15, 0.2) is 217 Å². The molecule has 0 radical (unpaired) electrons. The Morgan fingerprint density at radius 1 is 0.696 bits per heavy atom. The molecular weight excluding hydrogens is 1460 g/mol. The van der Waals surface area contributed by atoms with Crippen molar-refractivity contribution < 1.29 is 176 Å². The van der Waals surface area contributed by atoms with E-state index in [-0.39, 0.29) is 151 Å². The van der Waals surface area contributed by atoms with Gasteiger partial charge in [0.2, 0.25) is 17.6 Å². The molecule has 0 bridgehead atoms. The molecule has 516 valence electrons. The Morgan fingerprint density at radius 2 is 1.21 bits per heavy atom. The number of halogens is 3. The molecule has 7 heterocycles. The molecule has 2 aliphatic heterocycles. The zero-order valence-electron chi connectivity index (χ0n) is 56.0. The van der Waals surface area contributed by atoms with Crippen LogP contribution in [-0.4, -0.2) is 101 Å². The number of rotatable bonds is 15. The Kier molecular flexibility index (Phi) is 36.2. The predicted octanol–water partition coefficient (Wildman–Crippen LogP) is 8.57. The number of hydrogen-bond donors (Lipinski definition) is 3. The Bertz CT molecular complexity index is 4620. The molecule has 102 heavy (non-hydrogen) atoms. The molecular formula is C68H58Cl2FK2N11O16S2. The van der Waals surface area contributed by atoms with Gasteiger partial charge in [-0.15, -0.1) is 11.8 Å². The third-order valence-corrected chi connectivity index (χ3v) is 15.2. The van der Waals surface area contributed by atoms with Crippen LogP contribution in [0.3, 0.4) is 0 Å². The minimum Gasteiger partial charge on any atom is -1.00 e. The van der Waals surface area contributed by atoms with Crippen LogP contribution in [0.5, 0.6) is 57.5 Å². The van der Waals surface area contributed by atoms with E-state index in [0.717, 1.165) is 68.4 Å². The normalized spacial score (nSPS) is 10.7. The van der Waals surface area contributed by atoms with Crippen molar-refractivity contribution in [2.45, 2.75) is 18.5 Å². The molecule has 0 fully saturated rings. The van der Waals surface area contributed by atoms with Crippen LogP contribution in [0.1, 0.15) is 17.3 Å². The number of methoxy groups -OCH3 is 3. The van der Waals surface area contributed by atoms with Gasteiger partial charge in [0.15, 0.2) is 10.9 Å². The van der Waals surface area contributed by atoms with Gasteiger partial charge in [-0.2, -0.15) is 0 Å². The van der Waals surface area contributed by atoms with Crippen molar-refractivity contribution in [2.75, 3.05) is 43.9 Å². The van der Waals surface area contributed by atoms with Gasteiger partial charge in [0.05, 0.1) is 94.9 Å². The fraction of sp³-hybridized carbons (Fsp3) is 0.103. The number of carbonyl (C=O) groups excluding carboxylic acids is 3. The van der Waals surface area contributed by atoms with Crippen molar-refractivity contribution >= 4 is 110 Å². The number of hydrogen-bond acceptors (Lipinski definition) is 25. The minimum atomic E-state index is -0.627. The zero-order valence-corrected chi connectivity index (χ0v) is 64.3. The predicted molar refractivity (Wildman–Crippen MR) is 374 cm³/mol. The van der Waals surface area contributed by atoms with Gasteiger partial charge < -0.3 is 56.1 Å².